The molecule has 1 aliphatic heterocycles. The molecule has 1 aliphatic rings. The van der Waals surface area contributed by atoms with E-state index in [1.807, 2.05) is 39.8 Å². The number of aromatic nitrogens is 3. The minimum absolute atomic E-state index is 0.00163. The molecule has 0 bridgehead atoms. The lowest BCUT2D eigenvalue weighted by Crippen LogP contribution is -2.42. The van der Waals surface area contributed by atoms with Crippen molar-refractivity contribution >= 4 is 33.0 Å². The first-order valence-corrected chi connectivity index (χ1v) is 11.3. The number of hydrogen-bond acceptors (Lipinski definition) is 4. The molecule has 0 radical (unpaired) electrons. The number of carbonyl (C=O) groups is 1. The highest BCUT2D eigenvalue weighted by molar-refractivity contribution is 7.16. The van der Waals surface area contributed by atoms with Gasteiger partial charge in [0.05, 0.1) is 0 Å². The van der Waals surface area contributed by atoms with Crippen molar-refractivity contribution in [3.05, 3.63) is 69.6 Å². The molecule has 7 heteroatoms. The molecule has 0 atom stereocenters. The van der Waals surface area contributed by atoms with Crippen LogP contribution >= 0.6 is 11.3 Å². The van der Waals surface area contributed by atoms with Gasteiger partial charge in [-0.15, -0.1) is 11.3 Å². The predicted molar refractivity (Wildman–Crippen MR) is 119 cm³/mol. The minimum Gasteiger partial charge on any atom is -0.341 e. The molecule has 0 aliphatic carbocycles. The van der Waals surface area contributed by atoms with Gasteiger partial charge < -0.3 is 4.90 Å². The summed E-state index contributed by atoms with van der Waals surface area (Å²) in [6.45, 7) is 3.36. The average molecular weight is 421 g/mol. The number of aryl methyl sites for hydroxylation is 1. The maximum Gasteiger partial charge on any atom is 0.291 e. The topological polar surface area (TPSA) is 59.6 Å². The number of rotatable bonds is 4. The molecular weight excluding hydrogens is 396 g/mol. The quantitative estimate of drug-likeness (QED) is 0.508. The Morgan fingerprint density at radius 3 is 2.70 bits per heavy atom. The Bertz CT molecular complexity index is 1260. The average Bonchev–Trinajstić information content (AvgIpc) is 3.34. The molecule has 4 heterocycles. The summed E-state index contributed by atoms with van der Waals surface area (Å²) in [5, 5.41) is 7.48. The van der Waals surface area contributed by atoms with Crippen molar-refractivity contribution in [2.24, 2.45) is 5.92 Å². The van der Waals surface area contributed by atoms with E-state index < -0.39 is 0 Å². The van der Waals surface area contributed by atoms with Crippen molar-refractivity contribution in [3.63, 3.8) is 0 Å². The SMILES string of the molecule is Cc1nn(CC(=O)N2CCC(Cc3ccccc3)CC2)c(=O)c2cc3ccsc3n12. The van der Waals surface area contributed by atoms with Gasteiger partial charge in [-0.1, -0.05) is 30.3 Å². The molecule has 6 nitrogen and oxygen atoms in total. The summed E-state index contributed by atoms with van der Waals surface area (Å²) in [5.74, 6) is 1.29. The number of carbonyl (C=O) groups excluding carboxylic acids is 1. The maximum absolute atomic E-state index is 12.9. The normalized spacial score (nSPS) is 15.3. The van der Waals surface area contributed by atoms with Crippen molar-refractivity contribution < 1.29 is 4.79 Å². The number of hydrogen-bond donors (Lipinski definition) is 0. The van der Waals surface area contributed by atoms with Gasteiger partial charge in [0.15, 0.2) is 0 Å². The second kappa shape index (κ2) is 7.72. The molecule has 154 valence electrons. The molecule has 1 aromatic carbocycles. The zero-order valence-electron chi connectivity index (χ0n) is 17.0. The third-order valence-corrected chi connectivity index (χ3v) is 6.99. The molecule has 0 unspecified atom stereocenters. The number of nitrogens with zero attached hydrogens (tertiary/aromatic N) is 4. The van der Waals surface area contributed by atoms with E-state index in [1.165, 1.54) is 10.2 Å². The van der Waals surface area contributed by atoms with E-state index in [0.717, 1.165) is 48.4 Å². The van der Waals surface area contributed by atoms with Crippen LogP contribution < -0.4 is 5.56 Å². The van der Waals surface area contributed by atoms with Crippen molar-refractivity contribution in [3.8, 4) is 0 Å². The maximum atomic E-state index is 12.9. The zero-order chi connectivity index (χ0) is 20.7. The van der Waals surface area contributed by atoms with Gasteiger partial charge >= 0.3 is 0 Å². The van der Waals surface area contributed by atoms with Crippen LogP contribution in [0.3, 0.4) is 0 Å². The van der Waals surface area contributed by atoms with Gasteiger partial charge in [0.25, 0.3) is 5.56 Å². The summed E-state index contributed by atoms with van der Waals surface area (Å²) in [6, 6.07) is 14.4. The first-order valence-electron chi connectivity index (χ1n) is 10.4. The Hall–Kier alpha value is -2.93. The molecule has 30 heavy (non-hydrogen) atoms. The van der Waals surface area contributed by atoms with Crippen molar-refractivity contribution in [1.82, 2.24) is 19.1 Å². The van der Waals surface area contributed by atoms with Crippen molar-refractivity contribution in [1.29, 1.82) is 0 Å². The van der Waals surface area contributed by atoms with E-state index in [9.17, 15) is 9.59 Å². The Morgan fingerprint density at radius 1 is 1.17 bits per heavy atom. The standard InChI is InChI=1S/C23H24N4O2S/c1-16-24-26(22(29)20-14-19-9-12-30-23(19)27(16)20)15-21(28)25-10-7-18(8-11-25)13-17-5-3-2-4-6-17/h2-6,9,12,14,18H,7-8,10-11,13,15H2,1H3. The Kier molecular flexibility index (Phi) is 4.90. The highest BCUT2D eigenvalue weighted by atomic mass is 32.1. The van der Waals surface area contributed by atoms with Gasteiger partial charge in [-0.25, -0.2) is 4.68 Å². The zero-order valence-corrected chi connectivity index (χ0v) is 17.8. The van der Waals surface area contributed by atoms with Crippen LogP contribution in [0.15, 0.2) is 52.6 Å². The smallest absolute Gasteiger partial charge is 0.291 e. The monoisotopic (exact) mass is 420 g/mol. The van der Waals surface area contributed by atoms with Gasteiger partial charge in [0, 0.05) is 18.5 Å². The number of amides is 1. The molecule has 1 saturated heterocycles. The molecule has 0 saturated carbocycles. The van der Waals surface area contributed by atoms with E-state index in [4.69, 9.17) is 0 Å². The molecule has 4 aromatic rings. The summed E-state index contributed by atoms with van der Waals surface area (Å²) in [6.07, 6.45) is 3.05. The number of likely N-dealkylation sites (tertiary alicyclic amines) is 1. The lowest BCUT2D eigenvalue weighted by molar-refractivity contribution is -0.133. The Morgan fingerprint density at radius 2 is 1.93 bits per heavy atom. The summed E-state index contributed by atoms with van der Waals surface area (Å²) in [4.78, 5) is 28.7. The largest absolute Gasteiger partial charge is 0.341 e. The highest BCUT2D eigenvalue weighted by Crippen LogP contribution is 2.25. The van der Waals surface area contributed by atoms with E-state index in [2.05, 4.69) is 29.4 Å². The number of benzene rings is 1. The van der Waals surface area contributed by atoms with E-state index in [-0.39, 0.29) is 18.0 Å². The number of piperidine rings is 1. The second-order valence-electron chi connectivity index (χ2n) is 8.07. The van der Waals surface area contributed by atoms with Crippen LogP contribution in [0.5, 0.6) is 0 Å². The number of thiophene rings is 1. The highest BCUT2D eigenvalue weighted by Gasteiger charge is 2.24. The molecule has 0 spiro atoms. The summed E-state index contributed by atoms with van der Waals surface area (Å²) < 4.78 is 3.21. The Labute approximate surface area is 178 Å². The fourth-order valence-electron chi connectivity index (χ4n) is 4.47. The molecule has 0 N–H and O–H groups in total. The third kappa shape index (κ3) is 3.43. The fraction of sp³-hybridized carbons (Fsp3) is 0.348. The van der Waals surface area contributed by atoms with Crippen LogP contribution in [-0.2, 0) is 17.8 Å². The van der Waals surface area contributed by atoms with Crippen molar-refractivity contribution in [2.45, 2.75) is 32.7 Å². The van der Waals surface area contributed by atoms with E-state index in [1.54, 1.807) is 11.3 Å². The fourth-order valence-corrected chi connectivity index (χ4v) is 5.41. The second-order valence-corrected chi connectivity index (χ2v) is 8.96. The molecule has 1 fully saturated rings. The molecule has 3 aromatic heterocycles. The third-order valence-electron chi connectivity index (χ3n) is 6.07. The molecule has 1 amide bonds. The van der Waals surface area contributed by atoms with Gasteiger partial charge in [-0.05, 0) is 55.2 Å². The van der Waals surface area contributed by atoms with Crippen LogP contribution in [0.2, 0.25) is 0 Å². The van der Waals surface area contributed by atoms with E-state index in [0.29, 0.717) is 11.4 Å². The first kappa shape index (κ1) is 19.1. The van der Waals surface area contributed by atoms with E-state index >= 15 is 0 Å². The minimum atomic E-state index is -0.212. The summed E-state index contributed by atoms with van der Waals surface area (Å²) >= 11 is 1.59. The van der Waals surface area contributed by atoms with Crippen LogP contribution in [0.4, 0.5) is 0 Å². The van der Waals surface area contributed by atoms with Gasteiger partial charge in [0.1, 0.15) is 22.7 Å². The molecular formula is C23H24N4O2S. The van der Waals surface area contributed by atoms with Crippen molar-refractivity contribution in [2.75, 3.05) is 13.1 Å². The Balaban J connectivity index is 1.28. The van der Waals surface area contributed by atoms with Crippen LogP contribution in [-0.4, -0.2) is 38.1 Å². The summed E-state index contributed by atoms with van der Waals surface area (Å²) in [5.41, 5.74) is 1.73. The van der Waals surface area contributed by atoms with Gasteiger partial charge in [-0.2, -0.15) is 5.10 Å². The van der Waals surface area contributed by atoms with Gasteiger partial charge in [-0.3, -0.25) is 14.0 Å². The van der Waals surface area contributed by atoms with Crippen LogP contribution in [0, 0.1) is 12.8 Å². The lowest BCUT2D eigenvalue weighted by atomic mass is 9.90. The van der Waals surface area contributed by atoms with Crippen LogP contribution in [0.25, 0.3) is 15.7 Å². The first-order chi connectivity index (χ1) is 14.6. The summed E-state index contributed by atoms with van der Waals surface area (Å²) in [7, 11) is 0. The number of fused-ring (bicyclic) bond motifs is 3. The van der Waals surface area contributed by atoms with Crippen LogP contribution in [0.1, 0.15) is 24.2 Å². The lowest BCUT2D eigenvalue weighted by Gasteiger charge is -2.32. The van der Waals surface area contributed by atoms with Gasteiger partial charge in [0.2, 0.25) is 5.91 Å². The predicted octanol–water partition coefficient (Wildman–Crippen LogP) is 3.50. The molecule has 5 rings (SSSR count).